The van der Waals surface area contributed by atoms with E-state index in [9.17, 15) is 14.4 Å². The van der Waals surface area contributed by atoms with Gasteiger partial charge in [0.05, 0.1) is 27.3 Å². The number of amides is 1. The van der Waals surface area contributed by atoms with Gasteiger partial charge in [-0.1, -0.05) is 35.9 Å². The molecular weight excluding hydrogens is 426 g/mol. The van der Waals surface area contributed by atoms with Crippen LogP contribution in [0.15, 0.2) is 70.3 Å². The Kier molecular flexibility index (Phi) is 5.72. The topological polar surface area (TPSA) is 73.1 Å². The predicted molar refractivity (Wildman–Crippen MR) is 128 cm³/mol. The smallest absolute Gasteiger partial charge is 0.323 e. The Labute approximate surface area is 189 Å². The molecule has 0 radical (unpaired) electrons. The number of carbonyl (C=O) groups excluding carboxylic acids is 1. The highest BCUT2D eigenvalue weighted by atomic mass is 35.5. The molecule has 1 aromatic heterocycles. The molecule has 0 unspecified atom stereocenters. The van der Waals surface area contributed by atoms with Crippen molar-refractivity contribution in [3.8, 4) is 5.69 Å². The predicted octanol–water partition coefficient (Wildman–Crippen LogP) is 4.37. The second kappa shape index (κ2) is 8.48. The molecule has 1 amide bonds. The quantitative estimate of drug-likeness (QED) is 0.505. The summed E-state index contributed by atoms with van der Waals surface area (Å²) in [4.78, 5) is 39.5. The number of halogens is 1. The Balaban J connectivity index is 1.84. The summed E-state index contributed by atoms with van der Waals surface area (Å²) in [5, 5.41) is 3.52. The fourth-order valence-electron chi connectivity index (χ4n) is 3.84. The maximum Gasteiger partial charge on any atom is 0.336 e. The number of aromatic nitrogens is 2. The van der Waals surface area contributed by atoms with Crippen molar-refractivity contribution in [2.45, 2.75) is 27.3 Å². The van der Waals surface area contributed by atoms with Gasteiger partial charge in [-0.25, -0.2) is 9.36 Å². The zero-order chi connectivity index (χ0) is 23.0. The summed E-state index contributed by atoms with van der Waals surface area (Å²) in [5.41, 5.74) is 3.15. The molecule has 6 nitrogen and oxygen atoms in total. The molecule has 4 aromatic rings. The third-order valence-corrected chi connectivity index (χ3v) is 5.53. The molecule has 7 heteroatoms. The Bertz CT molecular complexity index is 1460. The van der Waals surface area contributed by atoms with Crippen molar-refractivity contribution in [2.24, 2.45) is 0 Å². The lowest BCUT2D eigenvalue weighted by Crippen LogP contribution is -2.40. The molecule has 162 valence electrons. The standard InChI is InChI=1S/C25H22ClN3O3/c1-15-8-9-21(20(26)13-15)27-23(30)14-28-22-7-5-4-6-19(22)24(31)29(25(28)32)18-11-16(2)10-17(3)12-18/h4-13H,14H2,1-3H3,(H,27,30). The highest BCUT2D eigenvalue weighted by molar-refractivity contribution is 6.33. The number of hydrogen-bond acceptors (Lipinski definition) is 3. The summed E-state index contributed by atoms with van der Waals surface area (Å²) in [5.74, 6) is -0.423. The first-order chi connectivity index (χ1) is 15.2. The van der Waals surface area contributed by atoms with Gasteiger partial charge in [0.2, 0.25) is 5.91 Å². The van der Waals surface area contributed by atoms with Crippen LogP contribution in [0.2, 0.25) is 5.02 Å². The molecule has 0 aliphatic rings. The summed E-state index contributed by atoms with van der Waals surface area (Å²) < 4.78 is 2.43. The first-order valence-electron chi connectivity index (χ1n) is 10.1. The van der Waals surface area contributed by atoms with Gasteiger partial charge >= 0.3 is 5.69 Å². The zero-order valence-electron chi connectivity index (χ0n) is 18.0. The second-order valence-electron chi connectivity index (χ2n) is 7.90. The van der Waals surface area contributed by atoms with E-state index in [1.54, 1.807) is 48.5 Å². The van der Waals surface area contributed by atoms with E-state index in [1.807, 2.05) is 32.9 Å². The van der Waals surface area contributed by atoms with E-state index in [-0.39, 0.29) is 6.54 Å². The molecule has 0 aliphatic carbocycles. The van der Waals surface area contributed by atoms with Crippen molar-refractivity contribution in [3.63, 3.8) is 0 Å². The number of nitrogens with zero attached hydrogens (tertiary/aromatic N) is 2. The second-order valence-corrected chi connectivity index (χ2v) is 8.31. The van der Waals surface area contributed by atoms with E-state index in [1.165, 1.54) is 4.57 Å². The van der Waals surface area contributed by atoms with E-state index in [0.29, 0.717) is 27.3 Å². The van der Waals surface area contributed by atoms with Crippen LogP contribution in [0.1, 0.15) is 16.7 Å². The van der Waals surface area contributed by atoms with Crippen LogP contribution in [-0.4, -0.2) is 15.0 Å². The van der Waals surface area contributed by atoms with Crippen molar-refractivity contribution < 1.29 is 4.79 Å². The maximum atomic E-state index is 13.4. The Morgan fingerprint density at radius 3 is 2.28 bits per heavy atom. The van der Waals surface area contributed by atoms with E-state index in [0.717, 1.165) is 21.3 Å². The minimum absolute atomic E-state index is 0.269. The molecule has 0 bridgehead atoms. The summed E-state index contributed by atoms with van der Waals surface area (Å²) >= 11 is 6.23. The molecule has 0 aliphatic heterocycles. The summed E-state index contributed by atoms with van der Waals surface area (Å²) in [6, 6.07) is 17.6. The third kappa shape index (κ3) is 4.09. The SMILES string of the molecule is Cc1cc(C)cc(-n2c(=O)c3ccccc3n(CC(=O)Nc3ccc(C)cc3Cl)c2=O)c1. The molecule has 32 heavy (non-hydrogen) atoms. The van der Waals surface area contributed by atoms with Crippen LogP contribution >= 0.6 is 11.6 Å². The van der Waals surface area contributed by atoms with Crippen LogP contribution in [0, 0.1) is 20.8 Å². The Morgan fingerprint density at radius 2 is 1.59 bits per heavy atom. The minimum Gasteiger partial charge on any atom is -0.323 e. The molecule has 0 saturated heterocycles. The lowest BCUT2D eigenvalue weighted by molar-refractivity contribution is -0.116. The average Bonchev–Trinajstić information content (AvgIpc) is 2.73. The van der Waals surface area contributed by atoms with E-state index in [4.69, 9.17) is 11.6 Å². The van der Waals surface area contributed by atoms with Gasteiger partial charge in [0.15, 0.2) is 0 Å². The van der Waals surface area contributed by atoms with Gasteiger partial charge < -0.3 is 5.32 Å². The largest absolute Gasteiger partial charge is 0.336 e. The molecule has 1 heterocycles. The van der Waals surface area contributed by atoms with Gasteiger partial charge in [0, 0.05) is 0 Å². The molecule has 1 N–H and O–H groups in total. The molecule has 0 spiro atoms. The Morgan fingerprint density at radius 1 is 0.906 bits per heavy atom. The normalized spacial score (nSPS) is 11.0. The lowest BCUT2D eigenvalue weighted by atomic mass is 10.1. The molecular formula is C25H22ClN3O3. The van der Waals surface area contributed by atoms with Crippen molar-refractivity contribution >= 4 is 34.1 Å². The van der Waals surface area contributed by atoms with Gasteiger partial charge in [0.1, 0.15) is 6.54 Å². The number of nitrogens with one attached hydrogen (secondary N) is 1. The summed E-state index contributed by atoms with van der Waals surface area (Å²) in [6.07, 6.45) is 0. The molecule has 0 saturated carbocycles. The van der Waals surface area contributed by atoms with Crippen LogP contribution in [-0.2, 0) is 11.3 Å². The first-order valence-corrected chi connectivity index (χ1v) is 10.5. The average molecular weight is 448 g/mol. The van der Waals surface area contributed by atoms with Crippen molar-refractivity contribution in [1.82, 2.24) is 9.13 Å². The summed E-state index contributed by atoms with van der Waals surface area (Å²) in [6.45, 7) is 5.44. The van der Waals surface area contributed by atoms with Gasteiger partial charge in [-0.2, -0.15) is 0 Å². The number of fused-ring (bicyclic) bond motifs is 1. The fourth-order valence-corrected chi connectivity index (χ4v) is 4.12. The van der Waals surface area contributed by atoms with Crippen molar-refractivity contribution in [2.75, 3.05) is 5.32 Å². The number of carbonyl (C=O) groups is 1. The number of benzene rings is 3. The summed E-state index contributed by atoms with van der Waals surface area (Å²) in [7, 11) is 0. The third-order valence-electron chi connectivity index (χ3n) is 5.22. The number of para-hydroxylation sites is 1. The van der Waals surface area contributed by atoms with E-state index >= 15 is 0 Å². The highest BCUT2D eigenvalue weighted by Crippen LogP contribution is 2.22. The van der Waals surface area contributed by atoms with Crippen LogP contribution in [0.5, 0.6) is 0 Å². The maximum absolute atomic E-state index is 13.4. The van der Waals surface area contributed by atoms with E-state index in [2.05, 4.69) is 5.32 Å². The lowest BCUT2D eigenvalue weighted by Gasteiger charge is -2.15. The van der Waals surface area contributed by atoms with Crippen LogP contribution in [0.25, 0.3) is 16.6 Å². The number of hydrogen-bond donors (Lipinski definition) is 1. The molecule has 0 atom stereocenters. The van der Waals surface area contributed by atoms with Gasteiger partial charge in [-0.15, -0.1) is 0 Å². The van der Waals surface area contributed by atoms with Gasteiger partial charge in [-0.05, 0) is 73.9 Å². The van der Waals surface area contributed by atoms with Crippen molar-refractivity contribution in [3.05, 3.63) is 103 Å². The van der Waals surface area contributed by atoms with Crippen LogP contribution in [0.4, 0.5) is 5.69 Å². The zero-order valence-corrected chi connectivity index (χ0v) is 18.7. The van der Waals surface area contributed by atoms with E-state index < -0.39 is 17.2 Å². The minimum atomic E-state index is -0.580. The fraction of sp³-hybridized carbons (Fsp3) is 0.160. The monoisotopic (exact) mass is 447 g/mol. The van der Waals surface area contributed by atoms with Crippen LogP contribution < -0.4 is 16.6 Å². The first kappa shape index (κ1) is 21.6. The van der Waals surface area contributed by atoms with Gasteiger partial charge in [0.25, 0.3) is 5.56 Å². The number of rotatable bonds is 4. The highest BCUT2D eigenvalue weighted by Gasteiger charge is 2.17. The van der Waals surface area contributed by atoms with Gasteiger partial charge in [-0.3, -0.25) is 14.2 Å². The van der Waals surface area contributed by atoms with Crippen LogP contribution in [0.3, 0.4) is 0 Å². The Hall–Kier alpha value is -3.64. The molecule has 0 fully saturated rings. The number of anilines is 1. The molecule has 3 aromatic carbocycles. The molecule has 4 rings (SSSR count). The number of aryl methyl sites for hydroxylation is 3. The van der Waals surface area contributed by atoms with Crippen molar-refractivity contribution in [1.29, 1.82) is 0 Å².